The van der Waals surface area contributed by atoms with E-state index < -0.39 is 0 Å². The van der Waals surface area contributed by atoms with E-state index >= 15 is 0 Å². The van der Waals surface area contributed by atoms with E-state index in [1.54, 1.807) is 4.90 Å². The lowest BCUT2D eigenvalue weighted by molar-refractivity contribution is -0.144. The maximum absolute atomic E-state index is 12.9. The first-order valence-electron chi connectivity index (χ1n) is 19.7. The van der Waals surface area contributed by atoms with Crippen molar-refractivity contribution in [2.45, 2.75) is 96.8 Å². The third-order valence-electron chi connectivity index (χ3n) is 9.97. The Balaban J connectivity index is 0.925. The second-order valence-corrected chi connectivity index (χ2v) is 14.8. The number of benzene rings is 2. The third kappa shape index (κ3) is 12.7. The Hall–Kier alpha value is -3.88. The monoisotopic (exact) mass is 725 g/mol. The van der Waals surface area contributed by atoms with Gasteiger partial charge in [0.2, 0.25) is 5.91 Å². The minimum atomic E-state index is -0.241. The molecule has 5 rings (SSSR count). The summed E-state index contributed by atoms with van der Waals surface area (Å²) in [5.41, 5.74) is 3.25. The molecule has 52 heavy (non-hydrogen) atoms. The minimum Gasteiger partial charge on any atom is -0.494 e. The molecule has 0 unspecified atom stereocenters. The van der Waals surface area contributed by atoms with Crippen LogP contribution in [0.25, 0.3) is 10.1 Å². The lowest BCUT2D eigenvalue weighted by atomic mass is 10.0. The average Bonchev–Trinajstić information content (AvgIpc) is 3.66. The number of thiophene rings is 1. The van der Waals surface area contributed by atoms with Gasteiger partial charge in [-0.2, -0.15) is 0 Å². The maximum Gasteiger partial charge on any atom is 0.307 e. The summed E-state index contributed by atoms with van der Waals surface area (Å²) in [6, 6.07) is 14.9. The van der Waals surface area contributed by atoms with Crippen LogP contribution in [0, 0.1) is 0 Å². The van der Waals surface area contributed by atoms with Crippen molar-refractivity contribution < 1.29 is 19.1 Å². The van der Waals surface area contributed by atoms with E-state index in [0.29, 0.717) is 25.9 Å². The van der Waals surface area contributed by atoms with E-state index in [-0.39, 0.29) is 18.6 Å². The topological polar surface area (TPSA) is 62.3 Å². The molecule has 0 atom stereocenters. The predicted octanol–water partition coefficient (Wildman–Crippen LogP) is 10.3. The van der Waals surface area contributed by atoms with Crippen molar-refractivity contribution in [1.29, 1.82) is 0 Å². The van der Waals surface area contributed by atoms with E-state index in [9.17, 15) is 9.59 Å². The number of hydrogen-bond donors (Lipinski definition) is 0. The van der Waals surface area contributed by atoms with Crippen LogP contribution < -0.4 is 14.5 Å². The van der Waals surface area contributed by atoms with Crippen molar-refractivity contribution in [3.05, 3.63) is 89.9 Å². The molecular formula is C44H59N3O4S. The highest BCUT2D eigenvalue weighted by Gasteiger charge is 2.26. The zero-order chi connectivity index (χ0) is 36.2. The number of carbonyl (C=O) groups excluding carboxylic acids is 2. The normalized spacial score (nSPS) is 15.4. The Morgan fingerprint density at radius 1 is 0.808 bits per heavy atom. The Labute approximate surface area is 316 Å². The first-order valence-corrected chi connectivity index (χ1v) is 20.6. The zero-order valence-corrected chi connectivity index (χ0v) is 32.1. The molecule has 2 aromatic carbocycles. The molecule has 3 heterocycles. The van der Waals surface area contributed by atoms with Crippen molar-refractivity contribution in [3.63, 3.8) is 0 Å². The molecule has 1 fully saturated rings. The molecule has 280 valence electrons. The van der Waals surface area contributed by atoms with Crippen LogP contribution in [0.15, 0.2) is 84.3 Å². The summed E-state index contributed by atoms with van der Waals surface area (Å²) in [6.07, 6.45) is 26.5. The predicted molar refractivity (Wildman–Crippen MR) is 218 cm³/mol. The number of ether oxygens (including phenoxy) is 2. The van der Waals surface area contributed by atoms with Crippen molar-refractivity contribution >= 4 is 44.7 Å². The van der Waals surface area contributed by atoms with Gasteiger partial charge in [-0.15, -0.1) is 11.3 Å². The van der Waals surface area contributed by atoms with Crippen molar-refractivity contribution in [1.82, 2.24) is 4.90 Å². The summed E-state index contributed by atoms with van der Waals surface area (Å²) >= 11 is 1.81. The molecule has 0 radical (unpaired) electrons. The van der Waals surface area contributed by atoms with Crippen LogP contribution >= 0.6 is 11.3 Å². The number of aryl methyl sites for hydroxylation is 1. The smallest absolute Gasteiger partial charge is 0.307 e. The highest BCUT2D eigenvalue weighted by molar-refractivity contribution is 7.17. The third-order valence-corrected chi connectivity index (χ3v) is 10.8. The van der Waals surface area contributed by atoms with Crippen molar-refractivity contribution in [2.75, 3.05) is 55.9 Å². The highest BCUT2D eigenvalue weighted by atomic mass is 32.1. The first-order chi connectivity index (χ1) is 25.6. The molecule has 8 heteroatoms. The van der Waals surface area contributed by atoms with E-state index in [4.69, 9.17) is 9.47 Å². The molecule has 2 aliphatic heterocycles. The number of esters is 1. The van der Waals surface area contributed by atoms with Crippen molar-refractivity contribution in [2.24, 2.45) is 0 Å². The van der Waals surface area contributed by atoms with E-state index in [1.165, 1.54) is 28.6 Å². The number of anilines is 2. The standard InChI is InChI=1S/C44H59N3O4S/c1-2-3-4-5-6-7-8-9-10-11-12-13-14-15-16-22-44(49)51-36-47-41-35-38(25-23-37(41)24-26-43(47)48)50-33-18-17-28-45-29-31-46(32-30-45)40-20-19-21-42-39(40)27-34-52-42/h3-4,6-7,9-10,19-21,23,25,27,34-35H,2,5,8,11-18,22,24,26,28-33,36H2,1H3. The van der Waals surface area contributed by atoms with Gasteiger partial charge in [-0.05, 0) is 99.5 Å². The fourth-order valence-electron chi connectivity index (χ4n) is 6.94. The molecule has 0 spiro atoms. The lowest BCUT2D eigenvalue weighted by Crippen LogP contribution is -2.46. The molecule has 0 bridgehead atoms. The number of hydrogen-bond acceptors (Lipinski definition) is 7. The molecule has 0 saturated carbocycles. The molecular weight excluding hydrogens is 667 g/mol. The van der Waals surface area contributed by atoms with Crippen LogP contribution in [-0.4, -0.2) is 62.8 Å². The van der Waals surface area contributed by atoms with Gasteiger partial charge in [0.05, 0.1) is 12.3 Å². The van der Waals surface area contributed by atoms with E-state index in [1.807, 2.05) is 29.5 Å². The quantitative estimate of drug-likeness (QED) is 0.0584. The number of rotatable bonds is 22. The second kappa shape index (κ2) is 22.2. The van der Waals surface area contributed by atoms with Gasteiger partial charge in [0.15, 0.2) is 6.73 Å². The Morgan fingerprint density at radius 3 is 2.44 bits per heavy atom. The SMILES string of the molecule is CCC=CCC=CCC=CCCCCCCCC(=O)OCN1C(=O)CCc2ccc(OCCCCN3CCN(c4cccc5sccc45)CC3)cc21. The minimum absolute atomic E-state index is 0.0150. The van der Waals surface area contributed by atoms with Gasteiger partial charge in [-0.25, -0.2) is 0 Å². The number of allylic oxidation sites excluding steroid dienone is 6. The lowest BCUT2D eigenvalue weighted by Gasteiger charge is -2.36. The van der Waals surface area contributed by atoms with Crippen LogP contribution in [0.3, 0.4) is 0 Å². The zero-order valence-electron chi connectivity index (χ0n) is 31.3. The fourth-order valence-corrected chi connectivity index (χ4v) is 7.75. The number of unbranched alkanes of at least 4 members (excludes halogenated alkanes) is 6. The summed E-state index contributed by atoms with van der Waals surface area (Å²) in [5, 5.41) is 3.55. The van der Waals surface area contributed by atoms with Crippen LogP contribution in [-0.2, 0) is 20.7 Å². The van der Waals surface area contributed by atoms with Crippen molar-refractivity contribution in [3.8, 4) is 5.75 Å². The number of fused-ring (bicyclic) bond motifs is 2. The molecule has 0 N–H and O–H groups in total. The Kier molecular flexibility index (Phi) is 16.8. The van der Waals surface area contributed by atoms with Gasteiger partial charge in [0.25, 0.3) is 0 Å². The van der Waals surface area contributed by atoms with E-state index in [0.717, 1.165) is 108 Å². The molecule has 7 nitrogen and oxygen atoms in total. The van der Waals surface area contributed by atoms with Crippen LogP contribution in [0.2, 0.25) is 0 Å². The van der Waals surface area contributed by atoms with Gasteiger partial charge >= 0.3 is 5.97 Å². The largest absolute Gasteiger partial charge is 0.494 e. The van der Waals surface area contributed by atoms with Gasteiger partial charge in [0, 0.05) is 60.9 Å². The molecule has 1 aromatic heterocycles. The van der Waals surface area contributed by atoms with Gasteiger partial charge in [-0.1, -0.05) is 74.8 Å². The highest BCUT2D eigenvalue weighted by Crippen LogP contribution is 2.33. The average molecular weight is 726 g/mol. The number of amides is 1. The van der Waals surface area contributed by atoms with E-state index in [2.05, 4.69) is 82.8 Å². The summed E-state index contributed by atoms with van der Waals surface area (Å²) in [4.78, 5) is 32.1. The fraction of sp³-hybridized carbons (Fsp3) is 0.500. The summed E-state index contributed by atoms with van der Waals surface area (Å²) in [6.45, 7) is 8.09. The summed E-state index contributed by atoms with van der Waals surface area (Å²) in [7, 11) is 0. The molecule has 2 aliphatic rings. The van der Waals surface area contributed by atoms with Gasteiger partial charge < -0.3 is 14.4 Å². The number of nitrogens with zero attached hydrogens (tertiary/aromatic N) is 3. The Bertz CT molecular complexity index is 1620. The van der Waals surface area contributed by atoms with Crippen LogP contribution in [0.1, 0.15) is 96.0 Å². The van der Waals surface area contributed by atoms with Crippen LogP contribution in [0.5, 0.6) is 5.75 Å². The molecule has 1 saturated heterocycles. The molecule has 3 aromatic rings. The maximum atomic E-state index is 12.9. The number of carbonyl (C=O) groups is 2. The van der Waals surface area contributed by atoms with Gasteiger partial charge in [0.1, 0.15) is 5.75 Å². The van der Waals surface area contributed by atoms with Crippen LogP contribution in [0.4, 0.5) is 11.4 Å². The Morgan fingerprint density at radius 2 is 1.60 bits per heavy atom. The summed E-state index contributed by atoms with van der Waals surface area (Å²) in [5.74, 6) is 0.497. The summed E-state index contributed by atoms with van der Waals surface area (Å²) < 4.78 is 13.1. The molecule has 1 amide bonds. The second-order valence-electron chi connectivity index (χ2n) is 13.9. The molecule has 0 aliphatic carbocycles. The van der Waals surface area contributed by atoms with Gasteiger partial charge in [-0.3, -0.25) is 19.4 Å². The number of piperazine rings is 1. The first kappa shape index (κ1) is 39.3.